The van der Waals surface area contributed by atoms with Crippen LogP contribution in [0, 0.1) is 0 Å². The molecule has 2 aromatic rings. The number of hydrogen-bond acceptors (Lipinski definition) is 5. The summed E-state index contributed by atoms with van der Waals surface area (Å²) in [6, 6.07) is 9.71. The Labute approximate surface area is 142 Å². The molecule has 1 aromatic heterocycles. The highest BCUT2D eigenvalue weighted by molar-refractivity contribution is 7.92. The molecule has 6 nitrogen and oxygen atoms in total. The molecular formula is C16H21NO5S2. The van der Waals surface area contributed by atoms with E-state index < -0.39 is 25.1 Å². The Balaban J connectivity index is 2.39. The fourth-order valence-corrected chi connectivity index (χ4v) is 4.43. The Morgan fingerprint density at radius 3 is 2.12 bits per heavy atom. The molecule has 0 aliphatic rings. The molecule has 0 bridgehead atoms. The van der Waals surface area contributed by atoms with Crippen molar-refractivity contribution < 1.29 is 21.3 Å². The summed E-state index contributed by atoms with van der Waals surface area (Å²) in [4.78, 5) is 0.128. The van der Waals surface area contributed by atoms with Gasteiger partial charge in [-0.3, -0.25) is 0 Å². The van der Waals surface area contributed by atoms with Crippen LogP contribution in [0.2, 0.25) is 0 Å². The van der Waals surface area contributed by atoms with Crippen LogP contribution in [-0.4, -0.2) is 29.6 Å². The first-order valence-electron chi connectivity index (χ1n) is 7.43. The van der Waals surface area contributed by atoms with E-state index >= 15 is 0 Å². The van der Waals surface area contributed by atoms with E-state index in [0.29, 0.717) is 0 Å². The number of rotatable bonds is 7. The van der Waals surface area contributed by atoms with Gasteiger partial charge in [0, 0.05) is 6.54 Å². The Bertz CT molecular complexity index is 867. The lowest BCUT2D eigenvalue weighted by Crippen LogP contribution is -2.31. The molecule has 0 aliphatic heterocycles. The fraction of sp³-hybridized carbons (Fsp3) is 0.375. The van der Waals surface area contributed by atoms with E-state index in [1.54, 1.807) is 30.3 Å². The zero-order valence-corrected chi connectivity index (χ0v) is 15.4. The molecular weight excluding hydrogens is 350 g/mol. The van der Waals surface area contributed by atoms with Crippen molar-refractivity contribution in [2.24, 2.45) is 0 Å². The van der Waals surface area contributed by atoms with E-state index in [4.69, 9.17) is 4.42 Å². The van der Waals surface area contributed by atoms with E-state index in [9.17, 15) is 16.8 Å². The highest BCUT2D eigenvalue weighted by Crippen LogP contribution is 2.30. The molecule has 0 amide bonds. The molecule has 8 heteroatoms. The van der Waals surface area contributed by atoms with Crippen molar-refractivity contribution in [2.45, 2.75) is 29.9 Å². The summed E-state index contributed by atoms with van der Waals surface area (Å²) in [5, 5.41) is -1.13. The second-order valence-corrected chi connectivity index (χ2v) is 9.86. The number of hydrogen-bond donors (Lipinski definition) is 1. The Hall–Kier alpha value is -1.64. The van der Waals surface area contributed by atoms with Gasteiger partial charge in [-0.2, -0.15) is 0 Å². The van der Waals surface area contributed by atoms with Crippen molar-refractivity contribution in [1.29, 1.82) is 0 Å². The van der Waals surface area contributed by atoms with Crippen molar-refractivity contribution in [2.75, 3.05) is 12.8 Å². The first kappa shape index (κ1) is 18.7. The molecule has 0 fully saturated rings. The lowest BCUT2D eigenvalue weighted by atomic mass is 10.0. The summed E-state index contributed by atoms with van der Waals surface area (Å²) in [6.07, 6.45) is 2.34. The maximum absolute atomic E-state index is 12.9. The summed E-state index contributed by atoms with van der Waals surface area (Å²) in [5.41, 5.74) is 1.03. The lowest BCUT2D eigenvalue weighted by Gasteiger charge is -2.16. The highest BCUT2D eigenvalue weighted by atomic mass is 32.2. The third kappa shape index (κ3) is 4.46. The number of benzene rings is 1. The normalized spacial score (nSPS) is 14.0. The molecule has 1 atom stereocenters. The first-order valence-corrected chi connectivity index (χ1v) is 10.9. The average Bonchev–Trinajstić information content (AvgIpc) is 3.00. The Kier molecular flexibility index (Phi) is 5.52. The third-order valence-corrected chi connectivity index (χ3v) is 6.41. The van der Waals surface area contributed by atoms with Gasteiger partial charge < -0.3 is 4.42 Å². The van der Waals surface area contributed by atoms with Gasteiger partial charge in [-0.15, -0.1) is 0 Å². The van der Waals surface area contributed by atoms with Crippen molar-refractivity contribution in [3.63, 3.8) is 0 Å². The maximum atomic E-state index is 12.9. The van der Waals surface area contributed by atoms with Gasteiger partial charge in [-0.05, 0) is 35.7 Å². The molecule has 0 saturated heterocycles. The summed E-state index contributed by atoms with van der Waals surface area (Å²) in [6.45, 7) is 3.75. The molecule has 0 unspecified atom stereocenters. The molecule has 0 saturated carbocycles. The second kappa shape index (κ2) is 7.08. The second-order valence-electron chi connectivity index (χ2n) is 5.89. The Morgan fingerprint density at radius 2 is 1.67 bits per heavy atom. The quantitative estimate of drug-likeness (QED) is 0.807. The maximum Gasteiger partial charge on any atom is 0.208 e. The molecule has 0 spiro atoms. The summed E-state index contributed by atoms with van der Waals surface area (Å²) in [7, 11) is -7.34. The van der Waals surface area contributed by atoms with E-state index in [-0.39, 0.29) is 23.1 Å². The van der Waals surface area contributed by atoms with Crippen molar-refractivity contribution in [3.05, 3.63) is 54.0 Å². The summed E-state index contributed by atoms with van der Waals surface area (Å²) in [5.74, 6) is 0.480. The number of nitrogens with one attached hydrogen (secondary N) is 1. The number of furan rings is 1. The molecule has 1 N–H and O–H groups in total. The van der Waals surface area contributed by atoms with Crippen LogP contribution in [-0.2, 0) is 19.9 Å². The van der Waals surface area contributed by atoms with Gasteiger partial charge in [-0.25, -0.2) is 21.6 Å². The molecule has 1 heterocycles. The fourth-order valence-electron chi connectivity index (χ4n) is 2.27. The highest BCUT2D eigenvalue weighted by Gasteiger charge is 2.32. The molecule has 2 rings (SSSR count). The van der Waals surface area contributed by atoms with Gasteiger partial charge in [0.15, 0.2) is 9.84 Å². The molecule has 132 valence electrons. The van der Waals surface area contributed by atoms with Crippen LogP contribution in [0.4, 0.5) is 0 Å². The zero-order chi connectivity index (χ0) is 18.0. The SMILES string of the molecule is CC(C)c1ccc(S(=O)(=O)[C@H](CNS(C)(=O)=O)c2ccco2)cc1. The van der Waals surface area contributed by atoms with Gasteiger partial charge in [0.25, 0.3) is 0 Å². The van der Waals surface area contributed by atoms with Crippen LogP contribution in [0.15, 0.2) is 52.0 Å². The first-order chi connectivity index (χ1) is 11.1. The largest absolute Gasteiger partial charge is 0.468 e. The predicted octanol–water partition coefficient (Wildman–Crippen LogP) is 2.47. The van der Waals surface area contributed by atoms with Crippen molar-refractivity contribution >= 4 is 19.9 Å². The smallest absolute Gasteiger partial charge is 0.208 e. The van der Waals surface area contributed by atoms with Gasteiger partial charge in [-0.1, -0.05) is 26.0 Å². The van der Waals surface area contributed by atoms with E-state index in [0.717, 1.165) is 11.8 Å². The van der Waals surface area contributed by atoms with Crippen LogP contribution in [0.1, 0.15) is 36.3 Å². The van der Waals surface area contributed by atoms with Gasteiger partial charge >= 0.3 is 0 Å². The van der Waals surface area contributed by atoms with Crippen LogP contribution in [0.3, 0.4) is 0 Å². The molecule has 0 radical (unpaired) electrons. The van der Waals surface area contributed by atoms with Gasteiger partial charge in [0.05, 0.1) is 17.4 Å². The van der Waals surface area contributed by atoms with Crippen LogP contribution < -0.4 is 4.72 Å². The topological polar surface area (TPSA) is 93.5 Å². The predicted molar refractivity (Wildman–Crippen MR) is 92.0 cm³/mol. The number of sulfonamides is 1. The molecule has 1 aromatic carbocycles. The average molecular weight is 371 g/mol. The number of sulfone groups is 1. The standard InChI is InChI=1S/C16H21NO5S2/c1-12(2)13-6-8-14(9-7-13)24(20,21)16(11-17-23(3,18)19)15-5-4-10-22-15/h4-10,12,16-17H,11H2,1-3H3/t16-/m1/s1. The molecule has 24 heavy (non-hydrogen) atoms. The minimum Gasteiger partial charge on any atom is -0.468 e. The zero-order valence-electron chi connectivity index (χ0n) is 13.8. The lowest BCUT2D eigenvalue weighted by molar-refractivity contribution is 0.487. The summed E-state index contributed by atoms with van der Waals surface area (Å²) < 4.78 is 56.0. The van der Waals surface area contributed by atoms with Gasteiger partial charge in [0.2, 0.25) is 10.0 Å². The van der Waals surface area contributed by atoms with Crippen molar-refractivity contribution in [1.82, 2.24) is 4.72 Å². The summed E-state index contributed by atoms with van der Waals surface area (Å²) >= 11 is 0. The van der Waals surface area contributed by atoms with Crippen molar-refractivity contribution in [3.8, 4) is 0 Å². The Morgan fingerprint density at radius 1 is 1.04 bits per heavy atom. The van der Waals surface area contributed by atoms with Crippen LogP contribution in [0.25, 0.3) is 0 Å². The molecule has 0 aliphatic carbocycles. The minimum absolute atomic E-state index is 0.128. The monoisotopic (exact) mass is 371 g/mol. The van der Waals surface area contributed by atoms with Crippen LogP contribution in [0.5, 0.6) is 0 Å². The minimum atomic E-state index is -3.81. The van der Waals surface area contributed by atoms with E-state index in [2.05, 4.69) is 4.72 Å². The third-order valence-electron chi connectivity index (χ3n) is 3.64. The van der Waals surface area contributed by atoms with Gasteiger partial charge in [0.1, 0.15) is 11.0 Å². The van der Waals surface area contributed by atoms with E-state index in [1.807, 2.05) is 13.8 Å². The van der Waals surface area contributed by atoms with E-state index in [1.165, 1.54) is 12.3 Å². The van der Waals surface area contributed by atoms with Crippen LogP contribution >= 0.6 is 0 Å².